The Morgan fingerprint density at radius 3 is 2.94 bits per heavy atom. The van der Waals surface area contributed by atoms with E-state index in [1.807, 2.05) is 13.1 Å². The second-order valence-corrected chi connectivity index (χ2v) is 4.86. The van der Waals surface area contributed by atoms with Crippen molar-refractivity contribution in [3.05, 3.63) is 18.0 Å². The number of nitrogens with zero attached hydrogens (tertiary/aromatic N) is 2. The minimum atomic E-state index is -0.108. The molecule has 0 radical (unpaired) electrons. The molecule has 6 nitrogen and oxygen atoms in total. The van der Waals surface area contributed by atoms with Crippen LogP contribution in [0.1, 0.15) is 24.8 Å². The summed E-state index contributed by atoms with van der Waals surface area (Å²) >= 11 is 5.02. The van der Waals surface area contributed by atoms with Crippen LogP contribution in [0.5, 0.6) is 0 Å². The average molecular weight is 267 g/mol. The van der Waals surface area contributed by atoms with Crippen molar-refractivity contribution >= 4 is 23.2 Å². The van der Waals surface area contributed by atoms with Crippen molar-refractivity contribution in [1.82, 2.24) is 25.9 Å². The lowest BCUT2D eigenvalue weighted by atomic mass is 10.4. The van der Waals surface area contributed by atoms with E-state index in [0.29, 0.717) is 24.1 Å². The van der Waals surface area contributed by atoms with E-state index < -0.39 is 0 Å². The largest absolute Gasteiger partial charge is 0.359 e. The summed E-state index contributed by atoms with van der Waals surface area (Å²) in [6, 6.07) is 0.481. The number of aryl methyl sites for hydroxylation is 2. The number of nitrogens with one attached hydrogen (secondary N) is 3. The van der Waals surface area contributed by atoms with Crippen LogP contribution in [0.4, 0.5) is 0 Å². The van der Waals surface area contributed by atoms with Gasteiger partial charge in [-0.2, -0.15) is 5.10 Å². The Balaban J connectivity index is 1.61. The maximum Gasteiger partial charge on any atom is 0.240 e. The lowest BCUT2D eigenvalue weighted by Gasteiger charge is -2.10. The minimum absolute atomic E-state index is 0.108. The lowest BCUT2D eigenvalue weighted by Crippen LogP contribution is -2.47. The zero-order valence-corrected chi connectivity index (χ0v) is 11.1. The van der Waals surface area contributed by atoms with Gasteiger partial charge in [-0.1, -0.05) is 0 Å². The zero-order valence-electron chi connectivity index (χ0n) is 10.3. The van der Waals surface area contributed by atoms with E-state index in [-0.39, 0.29) is 5.91 Å². The van der Waals surface area contributed by atoms with E-state index in [4.69, 9.17) is 12.2 Å². The minimum Gasteiger partial charge on any atom is -0.359 e. The summed E-state index contributed by atoms with van der Waals surface area (Å²) in [5.41, 5.74) is 6.33. The monoisotopic (exact) mass is 267 g/mol. The number of hydrogen-bond donors (Lipinski definition) is 3. The predicted octanol–water partition coefficient (Wildman–Crippen LogP) is 0.239. The molecule has 1 amide bonds. The molecule has 2 rings (SSSR count). The molecule has 0 atom stereocenters. The third-order valence-electron chi connectivity index (χ3n) is 2.56. The molecule has 0 spiro atoms. The van der Waals surface area contributed by atoms with E-state index in [1.54, 1.807) is 10.9 Å². The highest BCUT2D eigenvalue weighted by molar-refractivity contribution is 7.80. The number of rotatable bonds is 4. The van der Waals surface area contributed by atoms with Crippen molar-refractivity contribution in [2.24, 2.45) is 0 Å². The second-order valence-electron chi connectivity index (χ2n) is 4.45. The first kappa shape index (κ1) is 12.8. The van der Waals surface area contributed by atoms with Gasteiger partial charge in [0.15, 0.2) is 5.11 Å². The van der Waals surface area contributed by atoms with Crippen LogP contribution in [0.2, 0.25) is 0 Å². The van der Waals surface area contributed by atoms with Crippen LogP contribution in [0.3, 0.4) is 0 Å². The normalized spacial score (nSPS) is 14.1. The smallest absolute Gasteiger partial charge is 0.240 e. The molecule has 1 aliphatic rings. The molecule has 1 aromatic rings. The molecule has 18 heavy (non-hydrogen) atoms. The SMILES string of the molecule is Cc1cnn(CCC(=O)NNC(=S)NC2CC2)c1. The highest BCUT2D eigenvalue weighted by atomic mass is 32.1. The number of thiocarbonyl (C=S) groups is 1. The Hall–Kier alpha value is -1.63. The van der Waals surface area contributed by atoms with Gasteiger partial charge in [-0.15, -0.1) is 0 Å². The van der Waals surface area contributed by atoms with E-state index >= 15 is 0 Å². The molecule has 0 saturated heterocycles. The number of carbonyl (C=O) groups excluding carboxylic acids is 1. The molecule has 3 N–H and O–H groups in total. The molecule has 0 aliphatic heterocycles. The fourth-order valence-electron chi connectivity index (χ4n) is 1.44. The van der Waals surface area contributed by atoms with Crippen LogP contribution in [0.15, 0.2) is 12.4 Å². The summed E-state index contributed by atoms with van der Waals surface area (Å²) in [5, 5.41) is 7.66. The van der Waals surface area contributed by atoms with Gasteiger partial charge in [0.2, 0.25) is 5.91 Å². The summed E-state index contributed by atoms with van der Waals surface area (Å²) in [7, 11) is 0. The Labute approximate surface area is 111 Å². The summed E-state index contributed by atoms with van der Waals surface area (Å²) in [4.78, 5) is 11.5. The van der Waals surface area contributed by atoms with Gasteiger partial charge < -0.3 is 5.32 Å². The van der Waals surface area contributed by atoms with Gasteiger partial charge in [0, 0.05) is 25.2 Å². The van der Waals surface area contributed by atoms with Gasteiger partial charge in [-0.05, 0) is 37.5 Å². The lowest BCUT2D eigenvalue weighted by molar-refractivity contribution is -0.121. The van der Waals surface area contributed by atoms with Crippen LogP contribution in [0.25, 0.3) is 0 Å². The zero-order chi connectivity index (χ0) is 13.0. The van der Waals surface area contributed by atoms with E-state index in [0.717, 1.165) is 18.4 Å². The van der Waals surface area contributed by atoms with Gasteiger partial charge in [0.1, 0.15) is 0 Å². The molecule has 7 heteroatoms. The van der Waals surface area contributed by atoms with Crippen LogP contribution in [-0.2, 0) is 11.3 Å². The van der Waals surface area contributed by atoms with Crippen molar-refractivity contribution in [2.75, 3.05) is 0 Å². The molecule has 1 aliphatic carbocycles. The van der Waals surface area contributed by atoms with Crippen molar-refractivity contribution in [3.63, 3.8) is 0 Å². The van der Waals surface area contributed by atoms with Crippen LogP contribution in [0, 0.1) is 6.92 Å². The highest BCUT2D eigenvalue weighted by Gasteiger charge is 2.21. The summed E-state index contributed by atoms with van der Waals surface area (Å²) in [6.45, 7) is 2.53. The summed E-state index contributed by atoms with van der Waals surface area (Å²) in [5.74, 6) is -0.108. The maximum atomic E-state index is 11.5. The summed E-state index contributed by atoms with van der Waals surface area (Å²) in [6.07, 6.45) is 6.33. The van der Waals surface area contributed by atoms with Gasteiger partial charge >= 0.3 is 0 Å². The summed E-state index contributed by atoms with van der Waals surface area (Å²) < 4.78 is 1.75. The van der Waals surface area contributed by atoms with E-state index in [9.17, 15) is 4.79 Å². The number of hydrazine groups is 1. The molecule has 98 valence electrons. The Morgan fingerprint density at radius 1 is 1.56 bits per heavy atom. The van der Waals surface area contributed by atoms with Crippen LogP contribution < -0.4 is 16.2 Å². The molecular weight excluding hydrogens is 250 g/mol. The topological polar surface area (TPSA) is 71.0 Å². The predicted molar refractivity (Wildman–Crippen MR) is 71.6 cm³/mol. The molecule has 0 aromatic carbocycles. The maximum absolute atomic E-state index is 11.5. The number of carbonyl (C=O) groups is 1. The standard InChI is InChI=1S/C11H17N5OS/c1-8-6-12-16(7-8)5-4-10(17)14-15-11(18)13-9-2-3-9/h6-7,9H,2-5H2,1H3,(H,14,17)(H2,13,15,18). The van der Waals surface area contributed by atoms with Crippen LogP contribution in [-0.4, -0.2) is 26.8 Å². The van der Waals surface area contributed by atoms with Gasteiger partial charge in [0.25, 0.3) is 0 Å². The molecule has 0 unspecified atom stereocenters. The van der Waals surface area contributed by atoms with Crippen LogP contribution >= 0.6 is 12.2 Å². The van der Waals surface area contributed by atoms with Crippen molar-refractivity contribution in [2.45, 2.75) is 38.8 Å². The fraction of sp³-hybridized carbons (Fsp3) is 0.545. The molecule has 1 aromatic heterocycles. The number of aromatic nitrogens is 2. The second kappa shape index (κ2) is 5.81. The third-order valence-corrected chi connectivity index (χ3v) is 2.78. The van der Waals surface area contributed by atoms with Crippen molar-refractivity contribution in [3.8, 4) is 0 Å². The molecule has 1 saturated carbocycles. The van der Waals surface area contributed by atoms with E-state index in [1.165, 1.54) is 0 Å². The van der Waals surface area contributed by atoms with Gasteiger partial charge in [-0.25, -0.2) is 0 Å². The highest BCUT2D eigenvalue weighted by Crippen LogP contribution is 2.18. The average Bonchev–Trinajstić information content (AvgIpc) is 3.04. The third kappa shape index (κ3) is 4.33. The Bertz CT molecular complexity index is 440. The van der Waals surface area contributed by atoms with Crippen molar-refractivity contribution in [1.29, 1.82) is 0 Å². The van der Waals surface area contributed by atoms with Crippen molar-refractivity contribution < 1.29 is 4.79 Å². The fourth-order valence-corrected chi connectivity index (χ4v) is 1.66. The molecule has 0 bridgehead atoms. The number of amides is 1. The quantitative estimate of drug-likeness (QED) is 0.538. The first-order chi connectivity index (χ1) is 8.63. The molecular formula is C11H17N5OS. The first-order valence-corrected chi connectivity index (χ1v) is 6.39. The molecule has 1 fully saturated rings. The van der Waals surface area contributed by atoms with Gasteiger partial charge in [-0.3, -0.25) is 20.3 Å². The first-order valence-electron chi connectivity index (χ1n) is 5.98. The number of hydrogen-bond acceptors (Lipinski definition) is 3. The Kier molecular flexibility index (Phi) is 4.14. The van der Waals surface area contributed by atoms with Gasteiger partial charge in [0.05, 0.1) is 6.20 Å². The van der Waals surface area contributed by atoms with E-state index in [2.05, 4.69) is 21.3 Å². The molecule has 1 heterocycles. The Morgan fingerprint density at radius 2 is 2.33 bits per heavy atom.